The van der Waals surface area contributed by atoms with E-state index in [2.05, 4.69) is 40.2 Å². The molecule has 0 spiro atoms. The van der Waals surface area contributed by atoms with Gasteiger partial charge in [-0.1, -0.05) is 24.3 Å². The van der Waals surface area contributed by atoms with E-state index < -0.39 is 5.82 Å². The molecule has 1 aliphatic heterocycles. The van der Waals surface area contributed by atoms with Crippen LogP contribution in [0.1, 0.15) is 46.8 Å². The van der Waals surface area contributed by atoms with Gasteiger partial charge in [0.15, 0.2) is 0 Å². The molecule has 32 heavy (non-hydrogen) atoms. The summed E-state index contributed by atoms with van der Waals surface area (Å²) in [4.78, 5) is 21.4. The highest BCUT2D eigenvalue weighted by Gasteiger charge is 2.38. The second-order valence-electron chi connectivity index (χ2n) is 9.26. The van der Waals surface area contributed by atoms with E-state index in [1.807, 2.05) is 26.2 Å². The molecule has 1 amide bonds. The Kier molecular flexibility index (Phi) is 5.20. The van der Waals surface area contributed by atoms with Crippen molar-refractivity contribution in [3.05, 3.63) is 89.0 Å². The number of aromatic nitrogens is 1. The van der Waals surface area contributed by atoms with Crippen molar-refractivity contribution >= 4 is 17.3 Å². The van der Waals surface area contributed by atoms with Crippen molar-refractivity contribution in [3.8, 4) is 0 Å². The third-order valence-corrected chi connectivity index (χ3v) is 7.13. The summed E-state index contributed by atoms with van der Waals surface area (Å²) in [5.74, 6) is 0.257. The van der Waals surface area contributed by atoms with Gasteiger partial charge in [-0.3, -0.25) is 9.78 Å². The first kappa shape index (κ1) is 20.7. The number of hydrogen-bond acceptors (Lipinski definition) is 3. The van der Waals surface area contributed by atoms with E-state index in [0.717, 1.165) is 30.8 Å². The average molecular weight is 430 g/mol. The van der Waals surface area contributed by atoms with Gasteiger partial charge in [-0.2, -0.15) is 0 Å². The zero-order valence-corrected chi connectivity index (χ0v) is 18.8. The monoisotopic (exact) mass is 429 g/mol. The molecule has 1 aliphatic carbocycles. The van der Waals surface area contributed by atoms with Crippen molar-refractivity contribution in [1.29, 1.82) is 0 Å². The summed E-state index contributed by atoms with van der Waals surface area (Å²) in [6, 6.07) is 15.4. The van der Waals surface area contributed by atoms with Gasteiger partial charge in [0, 0.05) is 31.7 Å². The van der Waals surface area contributed by atoms with E-state index in [0.29, 0.717) is 17.4 Å². The molecule has 2 aliphatic rings. The molecule has 1 aromatic heterocycles. The molecule has 5 rings (SSSR count). The Balaban J connectivity index is 1.53. The highest BCUT2D eigenvalue weighted by atomic mass is 19.1. The SMILES string of the molecule is CC(C)N(C)C(=O)c1cc(F)ccc1N1CC(C2Cc3ccccc3C2)c2ccncc21. The maximum atomic E-state index is 14.2. The van der Waals surface area contributed by atoms with Crippen molar-refractivity contribution in [2.45, 2.75) is 38.6 Å². The van der Waals surface area contributed by atoms with Gasteiger partial charge in [-0.15, -0.1) is 0 Å². The normalized spacial score (nSPS) is 17.5. The van der Waals surface area contributed by atoms with Gasteiger partial charge < -0.3 is 9.80 Å². The van der Waals surface area contributed by atoms with E-state index >= 15 is 0 Å². The summed E-state index contributed by atoms with van der Waals surface area (Å²) in [7, 11) is 1.76. The predicted octanol–water partition coefficient (Wildman–Crippen LogP) is 5.35. The standard InChI is InChI=1S/C27H28FN3O/c1-17(2)30(3)27(32)23-14-21(28)8-9-25(23)31-16-24(22-10-11-29-15-26(22)31)20-12-18-6-4-5-7-19(18)13-20/h4-11,14-15,17,20,24H,12-13,16H2,1-3H3. The topological polar surface area (TPSA) is 36.4 Å². The summed E-state index contributed by atoms with van der Waals surface area (Å²) in [5.41, 5.74) is 6.28. The van der Waals surface area contributed by atoms with Crippen LogP contribution in [0.3, 0.4) is 0 Å². The number of carbonyl (C=O) groups excluding carboxylic acids is 1. The number of benzene rings is 2. The van der Waals surface area contributed by atoms with Crippen molar-refractivity contribution < 1.29 is 9.18 Å². The molecule has 0 saturated heterocycles. The van der Waals surface area contributed by atoms with Crippen LogP contribution in [0.4, 0.5) is 15.8 Å². The predicted molar refractivity (Wildman–Crippen MR) is 125 cm³/mol. The lowest BCUT2D eigenvalue weighted by Gasteiger charge is -2.27. The second kappa shape index (κ2) is 8.05. The lowest BCUT2D eigenvalue weighted by Crippen LogP contribution is -2.34. The first-order valence-electron chi connectivity index (χ1n) is 11.3. The Morgan fingerprint density at radius 3 is 2.50 bits per heavy atom. The van der Waals surface area contributed by atoms with Crippen LogP contribution in [-0.4, -0.2) is 35.4 Å². The Morgan fingerprint density at radius 2 is 1.81 bits per heavy atom. The number of halogens is 1. The highest BCUT2D eigenvalue weighted by Crippen LogP contribution is 2.48. The summed E-state index contributed by atoms with van der Waals surface area (Å²) in [6.45, 7) is 4.68. The molecule has 0 fully saturated rings. The zero-order chi connectivity index (χ0) is 22.4. The van der Waals surface area contributed by atoms with Crippen LogP contribution in [-0.2, 0) is 12.8 Å². The van der Waals surface area contributed by atoms with E-state index in [-0.39, 0.29) is 11.9 Å². The highest BCUT2D eigenvalue weighted by molar-refractivity contribution is 6.01. The molecular weight excluding hydrogens is 401 g/mol. The molecule has 3 aromatic rings. The van der Waals surface area contributed by atoms with E-state index in [1.54, 1.807) is 18.0 Å². The largest absolute Gasteiger partial charge is 0.339 e. The number of fused-ring (bicyclic) bond motifs is 2. The zero-order valence-electron chi connectivity index (χ0n) is 18.8. The van der Waals surface area contributed by atoms with Gasteiger partial charge in [0.2, 0.25) is 0 Å². The van der Waals surface area contributed by atoms with Crippen molar-refractivity contribution in [2.24, 2.45) is 5.92 Å². The number of carbonyl (C=O) groups is 1. The third-order valence-electron chi connectivity index (χ3n) is 7.13. The molecule has 1 unspecified atom stereocenters. The molecule has 1 atom stereocenters. The fourth-order valence-electron chi connectivity index (χ4n) is 5.18. The summed E-state index contributed by atoms with van der Waals surface area (Å²) in [6.07, 6.45) is 5.84. The fraction of sp³-hybridized carbons (Fsp3) is 0.333. The van der Waals surface area contributed by atoms with Gasteiger partial charge in [0.25, 0.3) is 5.91 Å². The minimum absolute atomic E-state index is 0.0240. The van der Waals surface area contributed by atoms with Gasteiger partial charge in [-0.05, 0) is 73.6 Å². The molecule has 0 bridgehead atoms. The fourth-order valence-corrected chi connectivity index (χ4v) is 5.18. The van der Waals surface area contributed by atoms with Gasteiger partial charge in [0.1, 0.15) is 5.82 Å². The minimum atomic E-state index is -0.400. The van der Waals surface area contributed by atoms with Crippen molar-refractivity contribution in [3.63, 3.8) is 0 Å². The summed E-state index contributed by atoms with van der Waals surface area (Å²) < 4.78 is 14.2. The van der Waals surface area contributed by atoms with Crippen LogP contribution in [0.5, 0.6) is 0 Å². The molecule has 0 radical (unpaired) electrons. The molecule has 4 nitrogen and oxygen atoms in total. The first-order valence-corrected chi connectivity index (χ1v) is 11.3. The van der Waals surface area contributed by atoms with Crippen LogP contribution < -0.4 is 4.90 Å². The van der Waals surface area contributed by atoms with Gasteiger partial charge in [-0.25, -0.2) is 4.39 Å². The Bertz CT molecular complexity index is 1150. The number of nitrogens with zero attached hydrogens (tertiary/aromatic N) is 3. The number of anilines is 2. The molecule has 0 N–H and O–H groups in total. The van der Waals surface area contributed by atoms with Crippen LogP contribution >= 0.6 is 0 Å². The van der Waals surface area contributed by atoms with Crippen LogP contribution in [0.2, 0.25) is 0 Å². The molecule has 5 heteroatoms. The van der Waals surface area contributed by atoms with E-state index in [4.69, 9.17) is 0 Å². The maximum Gasteiger partial charge on any atom is 0.256 e. The first-order chi connectivity index (χ1) is 15.4. The van der Waals surface area contributed by atoms with Crippen LogP contribution in [0, 0.1) is 11.7 Å². The van der Waals surface area contributed by atoms with Crippen molar-refractivity contribution in [1.82, 2.24) is 9.88 Å². The van der Waals surface area contributed by atoms with Crippen LogP contribution in [0.25, 0.3) is 0 Å². The van der Waals surface area contributed by atoms with Gasteiger partial charge in [0.05, 0.1) is 23.1 Å². The second-order valence-corrected chi connectivity index (χ2v) is 9.26. The summed E-state index contributed by atoms with van der Waals surface area (Å²) >= 11 is 0. The number of amides is 1. The quantitative estimate of drug-likeness (QED) is 0.561. The lowest BCUT2D eigenvalue weighted by molar-refractivity contribution is 0.0755. The Labute approximate surface area is 188 Å². The average Bonchev–Trinajstić information content (AvgIpc) is 3.39. The number of pyridine rings is 1. The maximum absolute atomic E-state index is 14.2. The smallest absolute Gasteiger partial charge is 0.256 e. The van der Waals surface area contributed by atoms with Crippen LogP contribution in [0.15, 0.2) is 60.9 Å². The molecule has 2 heterocycles. The van der Waals surface area contributed by atoms with E-state index in [9.17, 15) is 9.18 Å². The molecular formula is C27H28FN3O. The number of hydrogen-bond donors (Lipinski definition) is 0. The van der Waals surface area contributed by atoms with E-state index in [1.165, 1.54) is 28.8 Å². The molecule has 164 valence electrons. The third kappa shape index (κ3) is 3.46. The summed E-state index contributed by atoms with van der Waals surface area (Å²) in [5, 5.41) is 0. The lowest BCUT2D eigenvalue weighted by atomic mass is 9.86. The van der Waals surface area contributed by atoms with Crippen molar-refractivity contribution in [2.75, 3.05) is 18.5 Å². The minimum Gasteiger partial charge on any atom is -0.339 e. The Morgan fingerprint density at radius 1 is 1.09 bits per heavy atom. The number of rotatable bonds is 4. The Hall–Kier alpha value is -3.21. The van der Waals surface area contributed by atoms with Gasteiger partial charge >= 0.3 is 0 Å². The molecule has 2 aromatic carbocycles. The molecule has 0 saturated carbocycles.